The fourth-order valence-corrected chi connectivity index (χ4v) is 2.83. The van der Waals surface area contributed by atoms with E-state index in [1.54, 1.807) is 0 Å². The smallest absolute Gasteiger partial charge is 0.123 e. The Labute approximate surface area is 147 Å². The van der Waals surface area contributed by atoms with Crippen molar-refractivity contribution in [3.63, 3.8) is 0 Å². The van der Waals surface area contributed by atoms with E-state index in [0.717, 1.165) is 41.6 Å². The van der Waals surface area contributed by atoms with Crippen LogP contribution in [0.2, 0.25) is 0 Å². The van der Waals surface area contributed by atoms with Gasteiger partial charge in [-0.15, -0.1) is 0 Å². The molecule has 0 atom stereocenters. The molecule has 0 saturated carbocycles. The minimum Gasteiger partial charge on any atom is -0.356 e. The molecule has 0 unspecified atom stereocenters. The van der Waals surface area contributed by atoms with Gasteiger partial charge < -0.3 is 5.32 Å². The number of rotatable bonds is 4. The Morgan fingerprint density at radius 1 is 0.760 bits per heavy atom. The maximum absolute atomic E-state index is 4.72. The highest BCUT2D eigenvalue weighted by molar-refractivity contribution is 5.89. The predicted molar refractivity (Wildman–Crippen MR) is 105 cm³/mol. The summed E-state index contributed by atoms with van der Waals surface area (Å²) in [7, 11) is 0. The van der Waals surface area contributed by atoms with Crippen LogP contribution in [-0.4, -0.2) is 12.4 Å². The van der Waals surface area contributed by atoms with Crippen molar-refractivity contribution in [3.8, 4) is 0 Å². The number of para-hydroxylation sites is 2. The Balaban J connectivity index is 1.42. The van der Waals surface area contributed by atoms with Crippen LogP contribution in [0.15, 0.2) is 89.9 Å². The molecule has 1 heterocycles. The lowest BCUT2D eigenvalue weighted by Crippen LogP contribution is -2.32. The third kappa shape index (κ3) is 3.80. The fourth-order valence-electron chi connectivity index (χ4n) is 2.83. The molecule has 1 aliphatic heterocycles. The first kappa shape index (κ1) is 15.3. The summed E-state index contributed by atoms with van der Waals surface area (Å²) in [5, 5.41) is 5.51. The van der Waals surface area contributed by atoms with Crippen LogP contribution in [0.5, 0.6) is 0 Å². The van der Waals surface area contributed by atoms with Gasteiger partial charge in [0.05, 0.1) is 11.4 Å². The van der Waals surface area contributed by atoms with E-state index in [1.807, 2.05) is 48.5 Å². The fraction of sp³-hybridized carbons (Fsp3) is 0.0952. The predicted octanol–water partition coefficient (Wildman–Crippen LogP) is 4.88. The lowest BCUT2D eigenvalue weighted by atomic mass is 10.2. The van der Waals surface area contributed by atoms with Gasteiger partial charge in [0.15, 0.2) is 0 Å². The second kappa shape index (κ2) is 7.09. The largest absolute Gasteiger partial charge is 0.356 e. The summed E-state index contributed by atoms with van der Waals surface area (Å²) < 4.78 is 0. The monoisotopic (exact) mass is 328 g/mol. The molecule has 1 saturated heterocycles. The van der Waals surface area contributed by atoms with Gasteiger partial charge in [0.2, 0.25) is 0 Å². The SMILES string of the molecule is c1ccc(Nc2ccc(N=C3CCN(c4ccccc4)N3)cc2)cc1. The van der Waals surface area contributed by atoms with E-state index < -0.39 is 0 Å². The van der Waals surface area contributed by atoms with Gasteiger partial charge in [-0.05, 0) is 48.5 Å². The van der Waals surface area contributed by atoms with E-state index in [-0.39, 0.29) is 0 Å². The molecule has 1 aliphatic rings. The third-order valence-electron chi connectivity index (χ3n) is 4.10. The molecule has 1 fully saturated rings. The molecule has 0 aromatic heterocycles. The third-order valence-corrected chi connectivity index (χ3v) is 4.10. The maximum atomic E-state index is 4.72. The number of nitrogens with zero attached hydrogens (tertiary/aromatic N) is 2. The number of aliphatic imine (C=N–C) groups is 1. The summed E-state index contributed by atoms with van der Waals surface area (Å²) in [5.74, 6) is 0.993. The average Bonchev–Trinajstić information content (AvgIpc) is 3.14. The van der Waals surface area contributed by atoms with Crippen molar-refractivity contribution in [2.45, 2.75) is 6.42 Å². The van der Waals surface area contributed by atoms with Gasteiger partial charge in [-0.3, -0.25) is 10.4 Å². The lowest BCUT2D eigenvalue weighted by Gasteiger charge is -2.17. The van der Waals surface area contributed by atoms with E-state index in [0.29, 0.717) is 0 Å². The topological polar surface area (TPSA) is 39.7 Å². The summed E-state index contributed by atoms with van der Waals surface area (Å²) >= 11 is 0. The summed E-state index contributed by atoms with van der Waals surface area (Å²) in [5.41, 5.74) is 7.63. The Morgan fingerprint density at radius 3 is 2.12 bits per heavy atom. The van der Waals surface area contributed by atoms with E-state index in [4.69, 9.17) is 4.99 Å². The van der Waals surface area contributed by atoms with Crippen LogP contribution in [0.4, 0.5) is 22.7 Å². The molecule has 4 heteroatoms. The standard InChI is InChI=1S/C21H20N4/c1-3-7-17(8-4-1)22-18-11-13-19(14-12-18)23-21-15-16-25(24-21)20-9-5-2-6-10-20/h1-14,22H,15-16H2,(H,23,24). The van der Waals surface area contributed by atoms with Crippen LogP contribution >= 0.6 is 0 Å². The molecule has 0 radical (unpaired) electrons. The highest BCUT2D eigenvalue weighted by Gasteiger charge is 2.16. The number of hydrazine groups is 1. The molecule has 0 spiro atoms. The van der Waals surface area contributed by atoms with Crippen LogP contribution < -0.4 is 15.8 Å². The number of hydrogen-bond acceptors (Lipinski definition) is 3. The molecule has 3 aromatic rings. The number of anilines is 3. The number of benzene rings is 3. The molecule has 25 heavy (non-hydrogen) atoms. The molecule has 2 N–H and O–H groups in total. The Bertz CT molecular complexity index is 842. The summed E-state index contributed by atoms with van der Waals surface area (Å²) in [6, 6.07) is 28.6. The van der Waals surface area contributed by atoms with Crippen LogP contribution in [-0.2, 0) is 0 Å². The van der Waals surface area contributed by atoms with Crippen molar-refractivity contribution in [2.24, 2.45) is 4.99 Å². The molecular weight excluding hydrogens is 308 g/mol. The van der Waals surface area contributed by atoms with Gasteiger partial charge >= 0.3 is 0 Å². The number of hydrogen-bond donors (Lipinski definition) is 2. The van der Waals surface area contributed by atoms with Crippen LogP contribution in [0.3, 0.4) is 0 Å². The first-order chi connectivity index (χ1) is 12.4. The highest BCUT2D eigenvalue weighted by Crippen LogP contribution is 2.22. The Kier molecular flexibility index (Phi) is 4.33. The van der Waals surface area contributed by atoms with Gasteiger partial charge in [0.1, 0.15) is 5.84 Å². The van der Waals surface area contributed by atoms with Crippen molar-refractivity contribution in [2.75, 3.05) is 16.9 Å². The molecule has 0 aliphatic carbocycles. The van der Waals surface area contributed by atoms with Crippen molar-refractivity contribution in [1.82, 2.24) is 5.43 Å². The van der Waals surface area contributed by atoms with Gasteiger partial charge in [0, 0.05) is 24.3 Å². The van der Waals surface area contributed by atoms with Gasteiger partial charge in [-0.1, -0.05) is 36.4 Å². The van der Waals surface area contributed by atoms with Crippen molar-refractivity contribution < 1.29 is 0 Å². The van der Waals surface area contributed by atoms with E-state index >= 15 is 0 Å². The molecular formula is C21H20N4. The van der Waals surface area contributed by atoms with E-state index in [9.17, 15) is 0 Å². The molecule has 3 aromatic carbocycles. The summed E-state index contributed by atoms with van der Waals surface area (Å²) in [6.45, 7) is 0.927. The quantitative estimate of drug-likeness (QED) is 0.717. The normalized spacial score (nSPS) is 15.2. The molecule has 0 bridgehead atoms. The van der Waals surface area contributed by atoms with E-state index in [1.165, 1.54) is 0 Å². The van der Waals surface area contributed by atoms with Gasteiger partial charge in [-0.25, -0.2) is 4.99 Å². The second-order valence-corrected chi connectivity index (χ2v) is 5.95. The maximum Gasteiger partial charge on any atom is 0.123 e. The highest BCUT2D eigenvalue weighted by atomic mass is 15.5. The number of nitrogens with one attached hydrogen (secondary N) is 2. The van der Waals surface area contributed by atoms with Crippen LogP contribution in [0.1, 0.15) is 6.42 Å². The first-order valence-corrected chi connectivity index (χ1v) is 8.46. The first-order valence-electron chi connectivity index (χ1n) is 8.46. The van der Waals surface area contributed by atoms with Crippen molar-refractivity contribution >= 4 is 28.6 Å². The zero-order valence-electron chi connectivity index (χ0n) is 13.9. The second-order valence-electron chi connectivity index (χ2n) is 5.95. The zero-order chi connectivity index (χ0) is 16.9. The lowest BCUT2D eigenvalue weighted by molar-refractivity contribution is 0.858. The van der Waals surface area contributed by atoms with Crippen LogP contribution in [0.25, 0.3) is 0 Å². The minimum absolute atomic E-state index is 0.916. The van der Waals surface area contributed by atoms with Gasteiger partial charge in [0.25, 0.3) is 0 Å². The van der Waals surface area contributed by atoms with Crippen LogP contribution in [0, 0.1) is 0 Å². The molecule has 124 valence electrons. The Morgan fingerprint density at radius 2 is 1.40 bits per heavy atom. The average molecular weight is 328 g/mol. The van der Waals surface area contributed by atoms with Crippen molar-refractivity contribution in [3.05, 3.63) is 84.9 Å². The molecule has 0 amide bonds. The Hall–Kier alpha value is -3.27. The van der Waals surface area contributed by atoms with Gasteiger partial charge in [-0.2, -0.15) is 0 Å². The minimum atomic E-state index is 0.916. The molecule has 4 rings (SSSR count). The molecule has 4 nitrogen and oxygen atoms in total. The summed E-state index contributed by atoms with van der Waals surface area (Å²) in [4.78, 5) is 4.72. The number of amidine groups is 1. The zero-order valence-corrected chi connectivity index (χ0v) is 13.9. The van der Waals surface area contributed by atoms with Crippen molar-refractivity contribution in [1.29, 1.82) is 0 Å². The summed E-state index contributed by atoms with van der Waals surface area (Å²) in [6.07, 6.45) is 0.916. The van der Waals surface area contributed by atoms with E-state index in [2.05, 4.69) is 52.1 Å².